The van der Waals surface area contributed by atoms with Crippen molar-refractivity contribution in [2.24, 2.45) is 5.16 Å². The summed E-state index contributed by atoms with van der Waals surface area (Å²) in [5.74, 6) is 0. The summed E-state index contributed by atoms with van der Waals surface area (Å²) >= 11 is 0. The highest BCUT2D eigenvalue weighted by Crippen LogP contribution is 2.01. The van der Waals surface area contributed by atoms with Crippen LogP contribution in [0, 0.1) is 0 Å². The Kier molecular flexibility index (Phi) is 4.11. The first-order valence-corrected chi connectivity index (χ1v) is 3.98. The van der Waals surface area contributed by atoms with E-state index in [1.165, 1.54) is 6.21 Å². The lowest BCUT2D eigenvalue weighted by atomic mass is 10.1. The van der Waals surface area contributed by atoms with E-state index >= 15 is 0 Å². The van der Waals surface area contributed by atoms with E-state index in [1.54, 1.807) is 0 Å². The van der Waals surface area contributed by atoms with E-state index in [9.17, 15) is 0 Å². The van der Waals surface area contributed by atoms with E-state index in [4.69, 9.17) is 5.21 Å². The Morgan fingerprint density at radius 3 is 2.55 bits per heavy atom. The smallest absolute Gasteiger partial charge is 0.0631 e. The lowest BCUT2D eigenvalue weighted by molar-refractivity contribution is 0.313. The highest BCUT2D eigenvalue weighted by Gasteiger charge is 2.16. The molecule has 0 aromatic heterocycles. The van der Waals surface area contributed by atoms with Gasteiger partial charge in [0, 0.05) is 6.04 Å². The maximum absolute atomic E-state index is 8.32. The molecule has 2 N–H and O–H groups in total. The van der Waals surface area contributed by atoms with Gasteiger partial charge in [-0.3, -0.25) is 0 Å². The zero-order chi connectivity index (χ0) is 8.91. The second-order valence-electron chi connectivity index (χ2n) is 3.42. The van der Waals surface area contributed by atoms with Crippen LogP contribution in [0.4, 0.5) is 0 Å². The van der Waals surface area contributed by atoms with Crippen molar-refractivity contribution in [2.45, 2.75) is 45.7 Å². The molecule has 0 amide bonds. The Bertz CT molecular complexity index is 132. The van der Waals surface area contributed by atoms with Crippen molar-refractivity contribution in [3.63, 3.8) is 0 Å². The Morgan fingerprint density at radius 1 is 1.64 bits per heavy atom. The Morgan fingerprint density at radius 2 is 2.18 bits per heavy atom. The van der Waals surface area contributed by atoms with Gasteiger partial charge in [-0.2, -0.15) is 0 Å². The molecule has 0 aromatic rings. The van der Waals surface area contributed by atoms with Gasteiger partial charge in [-0.05, 0) is 27.2 Å². The van der Waals surface area contributed by atoms with Crippen LogP contribution in [-0.2, 0) is 0 Å². The normalized spacial score (nSPS) is 15.6. The molecule has 0 rings (SSSR count). The third-order valence-electron chi connectivity index (χ3n) is 1.61. The first-order valence-electron chi connectivity index (χ1n) is 3.98. The summed E-state index contributed by atoms with van der Waals surface area (Å²) in [6, 6.07) is 0.447. The van der Waals surface area contributed by atoms with Gasteiger partial charge in [0.15, 0.2) is 0 Å². The standard InChI is InChI=1S/C8H18N2O/c1-5-7(2)10-8(3,4)6-9-11/h6-7,10-11H,5H2,1-4H3/b9-6-/t7-/m1/s1. The van der Waals surface area contributed by atoms with Crippen LogP contribution >= 0.6 is 0 Å². The molecule has 0 saturated heterocycles. The van der Waals surface area contributed by atoms with Gasteiger partial charge in [0.05, 0.1) is 11.8 Å². The molecular weight excluding hydrogens is 140 g/mol. The van der Waals surface area contributed by atoms with Gasteiger partial charge in [0.2, 0.25) is 0 Å². The van der Waals surface area contributed by atoms with Crippen LogP contribution in [0.2, 0.25) is 0 Å². The predicted molar refractivity (Wildman–Crippen MR) is 47.2 cm³/mol. The summed E-state index contributed by atoms with van der Waals surface area (Å²) in [4.78, 5) is 0. The lowest BCUT2D eigenvalue weighted by Gasteiger charge is -2.24. The van der Waals surface area contributed by atoms with Gasteiger partial charge < -0.3 is 10.5 Å². The fourth-order valence-electron chi connectivity index (χ4n) is 0.919. The van der Waals surface area contributed by atoms with Gasteiger partial charge >= 0.3 is 0 Å². The first-order chi connectivity index (χ1) is 5.02. The minimum Gasteiger partial charge on any atom is -0.411 e. The third kappa shape index (κ3) is 4.79. The summed E-state index contributed by atoms with van der Waals surface area (Å²) in [7, 11) is 0. The molecule has 3 heteroatoms. The van der Waals surface area contributed by atoms with Crippen molar-refractivity contribution in [3.05, 3.63) is 0 Å². The molecule has 66 valence electrons. The van der Waals surface area contributed by atoms with Crippen LogP contribution < -0.4 is 5.32 Å². The van der Waals surface area contributed by atoms with E-state index in [-0.39, 0.29) is 5.54 Å². The second kappa shape index (κ2) is 4.34. The van der Waals surface area contributed by atoms with Gasteiger partial charge in [0.1, 0.15) is 0 Å². The van der Waals surface area contributed by atoms with E-state index in [2.05, 4.69) is 24.3 Å². The maximum Gasteiger partial charge on any atom is 0.0631 e. The van der Waals surface area contributed by atoms with Gasteiger partial charge in [-0.1, -0.05) is 6.92 Å². The Labute approximate surface area is 68.5 Å². The summed E-state index contributed by atoms with van der Waals surface area (Å²) < 4.78 is 0. The number of rotatable bonds is 4. The average Bonchev–Trinajstić information content (AvgIpc) is 1.86. The molecule has 0 aliphatic rings. The molecular formula is C8H18N2O. The predicted octanol–water partition coefficient (Wildman–Crippen LogP) is 1.61. The Balaban J connectivity index is 3.90. The first kappa shape index (κ1) is 10.4. The largest absolute Gasteiger partial charge is 0.411 e. The van der Waals surface area contributed by atoms with Crippen LogP contribution in [0.5, 0.6) is 0 Å². The molecule has 3 nitrogen and oxygen atoms in total. The van der Waals surface area contributed by atoms with Crippen LogP contribution in [0.25, 0.3) is 0 Å². The van der Waals surface area contributed by atoms with E-state index in [1.807, 2.05) is 13.8 Å². The molecule has 0 heterocycles. The van der Waals surface area contributed by atoms with Crippen molar-refractivity contribution < 1.29 is 5.21 Å². The van der Waals surface area contributed by atoms with Crippen LogP contribution in [-0.4, -0.2) is 23.0 Å². The van der Waals surface area contributed by atoms with Gasteiger partial charge in [0.25, 0.3) is 0 Å². The molecule has 0 saturated carbocycles. The molecule has 0 bridgehead atoms. The summed E-state index contributed by atoms with van der Waals surface area (Å²) in [6.45, 7) is 8.16. The summed E-state index contributed by atoms with van der Waals surface area (Å²) in [5.41, 5.74) is -0.218. The minimum atomic E-state index is -0.218. The molecule has 0 radical (unpaired) electrons. The van der Waals surface area contributed by atoms with Crippen LogP contribution in [0.15, 0.2) is 5.16 Å². The Hall–Kier alpha value is -0.570. The fourth-order valence-corrected chi connectivity index (χ4v) is 0.919. The molecule has 0 fully saturated rings. The number of nitrogens with one attached hydrogen (secondary N) is 1. The van der Waals surface area contributed by atoms with Crippen molar-refractivity contribution >= 4 is 6.21 Å². The highest BCUT2D eigenvalue weighted by molar-refractivity contribution is 5.68. The van der Waals surface area contributed by atoms with E-state index in [0.717, 1.165) is 6.42 Å². The molecule has 0 unspecified atom stereocenters. The molecule has 0 aliphatic heterocycles. The van der Waals surface area contributed by atoms with Gasteiger partial charge in [-0.15, -0.1) is 5.16 Å². The lowest BCUT2D eigenvalue weighted by Crippen LogP contribution is -2.45. The van der Waals surface area contributed by atoms with Crippen LogP contribution in [0.1, 0.15) is 34.1 Å². The minimum absolute atomic E-state index is 0.218. The second-order valence-corrected chi connectivity index (χ2v) is 3.42. The highest BCUT2D eigenvalue weighted by atomic mass is 16.4. The van der Waals surface area contributed by atoms with E-state index in [0.29, 0.717) is 6.04 Å². The van der Waals surface area contributed by atoms with Crippen molar-refractivity contribution in [3.8, 4) is 0 Å². The van der Waals surface area contributed by atoms with Gasteiger partial charge in [-0.25, -0.2) is 0 Å². The molecule has 0 aromatic carbocycles. The van der Waals surface area contributed by atoms with Crippen molar-refractivity contribution in [1.82, 2.24) is 5.32 Å². The molecule has 0 aliphatic carbocycles. The zero-order valence-electron chi connectivity index (χ0n) is 7.76. The fraction of sp³-hybridized carbons (Fsp3) is 0.875. The number of hydrogen-bond donors (Lipinski definition) is 2. The van der Waals surface area contributed by atoms with Crippen LogP contribution in [0.3, 0.4) is 0 Å². The number of nitrogens with zero attached hydrogens (tertiary/aromatic N) is 1. The van der Waals surface area contributed by atoms with Crippen molar-refractivity contribution in [2.75, 3.05) is 0 Å². The average molecular weight is 158 g/mol. The molecule has 11 heavy (non-hydrogen) atoms. The van der Waals surface area contributed by atoms with Crippen molar-refractivity contribution in [1.29, 1.82) is 0 Å². The SMILES string of the molecule is CC[C@@H](C)NC(C)(C)/C=N\O. The third-order valence-corrected chi connectivity index (χ3v) is 1.61. The number of hydrogen-bond acceptors (Lipinski definition) is 3. The maximum atomic E-state index is 8.32. The molecule has 1 atom stereocenters. The monoisotopic (exact) mass is 158 g/mol. The number of oxime groups is 1. The zero-order valence-corrected chi connectivity index (χ0v) is 7.76. The van der Waals surface area contributed by atoms with E-state index < -0.39 is 0 Å². The summed E-state index contributed by atoms with van der Waals surface area (Å²) in [5, 5.41) is 14.6. The summed E-state index contributed by atoms with van der Waals surface area (Å²) in [6.07, 6.45) is 2.57. The topological polar surface area (TPSA) is 44.6 Å². The quantitative estimate of drug-likeness (QED) is 0.371. The molecule has 0 spiro atoms.